The Bertz CT molecular complexity index is 501. The van der Waals surface area contributed by atoms with Crippen molar-refractivity contribution in [3.05, 3.63) is 29.3 Å². The third-order valence-corrected chi connectivity index (χ3v) is 3.16. The predicted octanol–water partition coefficient (Wildman–Crippen LogP) is 3.44. The number of carbonyl (C=O) groups is 1. The van der Waals surface area contributed by atoms with E-state index in [1.165, 1.54) is 0 Å². The van der Waals surface area contributed by atoms with Crippen molar-refractivity contribution in [1.82, 2.24) is 0 Å². The minimum absolute atomic E-state index is 0.00139. The van der Waals surface area contributed by atoms with E-state index in [9.17, 15) is 4.79 Å². The second-order valence-corrected chi connectivity index (χ2v) is 5.51. The van der Waals surface area contributed by atoms with Gasteiger partial charge in [0.05, 0.1) is 11.6 Å². The molecule has 1 rings (SSSR count). The molecule has 0 unspecified atom stereocenters. The molecule has 0 fully saturated rings. The number of rotatable bonds is 6. The van der Waals surface area contributed by atoms with Crippen LogP contribution < -0.4 is 5.32 Å². The third-order valence-electron chi connectivity index (χ3n) is 3.16. The maximum atomic E-state index is 10.9. The molecule has 0 spiro atoms. The van der Waals surface area contributed by atoms with E-state index in [0.717, 1.165) is 17.7 Å². The minimum Gasteiger partial charge on any atom is -0.478 e. The molecule has 19 heavy (non-hydrogen) atoms. The van der Waals surface area contributed by atoms with Crippen LogP contribution in [-0.4, -0.2) is 17.6 Å². The average molecular weight is 260 g/mol. The van der Waals surface area contributed by atoms with E-state index in [1.54, 1.807) is 18.2 Å². The summed E-state index contributed by atoms with van der Waals surface area (Å²) in [4.78, 5) is 10.9. The van der Waals surface area contributed by atoms with Crippen molar-refractivity contribution in [1.29, 1.82) is 5.26 Å². The zero-order valence-electron chi connectivity index (χ0n) is 11.7. The summed E-state index contributed by atoms with van der Waals surface area (Å²) < 4.78 is 0. The molecule has 102 valence electrons. The monoisotopic (exact) mass is 260 g/mol. The van der Waals surface area contributed by atoms with Gasteiger partial charge in [0.1, 0.15) is 0 Å². The Labute approximate surface area is 114 Å². The van der Waals surface area contributed by atoms with Crippen LogP contribution in [0.3, 0.4) is 0 Å². The van der Waals surface area contributed by atoms with Gasteiger partial charge in [-0.2, -0.15) is 5.26 Å². The molecule has 2 N–H and O–H groups in total. The van der Waals surface area contributed by atoms with Gasteiger partial charge in [-0.25, -0.2) is 4.79 Å². The van der Waals surface area contributed by atoms with Crippen LogP contribution >= 0.6 is 0 Å². The summed E-state index contributed by atoms with van der Waals surface area (Å²) in [7, 11) is 0. The summed E-state index contributed by atoms with van der Waals surface area (Å²) in [6, 6.07) is 7.20. The van der Waals surface area contributed by atoms with Crippen LogP contribution in [0, 0.1) is 23.7 Å². The minimum atomic E-state index is -0.924. The lowest BCUT2D eigenvalue weighted by molar-refractivity contribution is 0.0697. The first-order valence-corrected chi connectivity index (χ1v) is 6.30. The van der Waals surface area contributed by atoms with Crippen LogP contribution in [0.2, 0.25) is 0 Å². The second-order valence-electron chi connectivity index (χ2n) is 5.51. The number of aryl methyl sites for hydroxylation is 1. The van der Waals surface area contributed by atoms with Crippen molar-refractivity contribution in [2.24, 2.45) is 5.41 Å². The summed E-state index contributed by atoms with van der Waals surface area (Å²) in [6.45, 7) is 6.83. The maximum absolute atomic E-state index is 10.9. The van der Waals surface area contributed by atoms with Crippen LogP contribution in [0.15, 0.2) is 18.2 Å². The molecular formula is C15H20N2O2. The Kier molecular flexibility index (Phi) is 4.94. The number of nitrogens with zero attached hydrogens (tertiary/aromatic N) is 1. The molecule has 1 aromatic rings. The van der Waals surface area contributed by atoms with Crippen molar-refractivity contribution < 1.29 is 9.90 Å². The standard InChI is InChI=1S/C15H20N2O2/c1-11-5-6-12(14(18)19)9-13(11)17-10-15(2,3)7-4-8-16/h5-6,9,17H,4,7,10H2,1-3H3,(H,18,19). The quantitative estimate of drug-likeness (QED) is 0.821. The number of hydrogen-bond acceptors (Lipinski definition) is 3. The Morgan fingerprint density at radius 3 is 2.74 bits per heavy atom. The summed E-state index contributed by atoms with van der Waals surface area (Å²) in [5.74, 6) is -0.924. The summed E-state index contributed by atoms with van der Waals surface area (Å²) in [5.41, 5.74) is 2.13. The van der Waals surface area contributed by atoms with E-state index in [1.807, 2.05) is 6.92 Å². The molecule has 0 aliphatic heterocycles. The average Bonchev–Trinajstić information content (AvgIpc) is 2.35. The van der Waals surface area contributed by atoms with Gasteiger partial charge < -0.3 is 10.4 Å². The number of aromatic carboxylic acids is 1. The van der Waals surface area contributed by atoms with Crippen LogP contribution in [0.5, 0.6) is 0 Å². The van der Waals surface area contributed by atoms with Gasteiger partial charge in [0.25, 0.3) is 0 Å². The van der Waals surface area contributed by atoms with Gasteiger partial charge in [-0.15, -0.1) is 0 Å². The lowest BCUT2D eigenvalue weighted by Crippen LogP contribution is -2.23. The summed E-state index contributed by atoms with van der Waals surface area (Å²) >= 11 is 0. The Morgan fingerprint density at radius 1 is 1.47 bits per heavy atom. The first-order chi connectivity index (χ1) is 8.85. The van der Waals surface area contributed by atoms with Crippen LogP contribution in [0.4, 0.5) is 5.69 Å². The number of hydrogen-bond donors (Lipinski definition) is 2. The number of benzene rings is 1. The van der Waals surface area contributed by atoms with Crippen LogP contribution in [0.1, 0.15) is 42.6 Å². The molecule has 0 amide bonds. The van der Waals surface area contributed by atoms with E-state index in [4.69, 9.17) is 10.4 Å². The first-order valence-electron chi connectivity index (χ1n) is 6.30. The number of carboxylic acid groups (broad SMARTS) is 1. The fourth-order valence-electron chi connectivity index (χ4n) is 1.76. The summed E-state index contributed by atoms with van der Waals surface area (Å²) in [6.07, 6.45) is 1.34. The molecule has 0 aliphatic rings. The molecule has 4 heteroatoms. The highest BCUT2D eigenvalue weighted by Crippen LogP contribution is 2.24. The first kappa shape index (κ1) is 15.0. The Morgan fingerprint density at radius 2 is 2.16 bits per heavy atom. The van der Waals surface area contributed by atoms with Crippen LogP contribution in [0.25, 0.3) is 0 Å². The fraction of sp³-hybridized carbons (Fsp3) is 0.467. The highest BCUT2D eigenvalue weighted by molar-refractivity contribution is 5.89. The smallest absolute Gasteiger partial charge is 0.335 e. The topological polar surface area (TPSA) is 73.1 Å². The Balaban J connectivity index is 2.74. The maximum Gasteiger partial charge on any atom is 0.335 e. The lowest BCUT2D eigenvalue weighted by Gasteiger charge is -2.25. The van der Waals surface area contributed by atoms with E-state index < -0.39 is 5.97 Å². The molecule has 0 atom stereocenters. The van der Waals surface area contributed by atoms with E-state index in [-0.39, 0.29) is 11.0 Å². The zero-order chi connectivity index (χ0) is 14.5. The van der Waals surface area contributed by atoms with Crippen molar-refractivity contribution in [2.75, 3.05) is 11.9 Å². The molecule has 1 aromatic carbocycles. The molecule has 0 saturated heterocycles. The van der Waals surface area contributed by atoms with Gasteiger partial charge >= 0.3 is 5.97 Å². The van der Waals surface area contributed by atoms with Crippen LogP contribution in [-0.2, 0) is 0 Å². The van der Waals surface area contributed by atoms with Gasteiger partial charge in [-0.05, 0) is 36.5 Å². The van der Waals surface area contributed by atoms with Gasteiger partial charge in [-0.3, -0.25) is 0 Å². The Hall–Kier alpha value is -2.02. The number of anilines is 1. The van der Waals surface area contributed by atoms with E-state index in [2.05, 4.69) is 25.2 Å². The number of nitriles is 1. The lowest BCUT2D eigenvalue weighted by atomic mass is 9.88. The molecule has 0 aliphatic carbocycles. The zero-order valence-corrected chi connectivity index (χ0v) is 11.7. The van der Waals surface area contributed by atoms with Gasteiger partial charge in [0.15, 0.2) is 0 Å². The van der Waals surface area contributed by atoms with E-state index >= 15 is 0 Å². The largest absolute Gasteiger partial charge is 0.478 e. The number of nitrogens with one attached hydrogen (secondary N) is 1. The molecule has 0 aromatic heterocycles. The van der Waals surface area contributed by atoms with Gasteiger partial charge in [-0.1, -0.05) is 19.9 Å². The molecule has 4 nitrogen and oxygen atoms in total. The SMILES string of the molecule is Cc1ccc(C(=O)O)cc1NCC(C)(C)CCC#N. The third kappa shape index (κ3) is 4.63. The molecule has 0 bridgehead atoms. The van der Waals surface area contributed by atoms with Crippen molar-refractivity contribution in [3.8, 4) is 6.07 Å². The fourth-order valence-corrected chi connectivity index (χ4v) is 1.76. The van der Waals surface area contributed by atoms with Crippen molar-refractivity contribution in [2.45, 2.75) is 33.6 Å². The second kappa shape index (κ2) is 6.24. The molecule has 0 radical (unpaired) electrons. The van der Waals surface area contributed by atoms with Gasteiger partial charge in [0.2, 0.25) is 0 Å². The molecular weight excluding hydrogens is 240 g/mol. The van der Waals surface area contributed by atoms with Gasteiger partial charge in [0, 0.05) is 18.7 Å². The highest BCUT2D eigenvalue weighted by atomic mass is 16.4. The van der Waals surface area contributed by atoms with Crippen molar-refractivity contribution >= 4 is 11.7 Å². The molecule has 0 saturated carbocycles. The predicted molar refractivity (Wildman–Crippen MR) is 75.3 cm³/mol. The van der Waals surface area contributed by atoms with Crippen molar-refractivity contribution in [3.63, 3.8) is 0 Å². The number of carboxylic acids is 1. The normalized spacial score (nSPS) is 10.8. The highest BCUT2D eigenvalue weighted by Gasteiger charge is 2.17. The summed E-state index contributed by atoms with van der Waals surface area (Å²) in [5, 5.41) is 20.9. The van der Waals surface area contributed by atoms with E-state index in [0.29, 0.717) is 13.0 Å². The molecule has 0 heterocycles.